The van der Waals surface area contributed by atoms with E-state index >= 15 is 0 Å². The molecule has 126 valence electrons. The minimum Gasteiger partial charge on any atom is -0.492 e. The zero-order valence-corrected chi connectivity index (χ0v) is 15.5. The Labute approximate surface area is 152 Å². The van der Waals surface area contributed by atoms with Crippen molar-refractivity contribution in [1.29, 1.82) is 0 Å². The summed E-state index contributed by atoms with van der Waals surface area (Å²) in [6, 6.07) is 8.02. The summed E-state index contributed by atoms with van der Waals surface area (Å²) in [6.07, 6.45) is 1.75. The van der Waals surface area contributed by atoms with Crippen molar-refractivity contribution in [3.05, 3.63) is 48.0 Å². The third-order valence-corrected chi connectivity index (χ3v) is 3.04. The zero-order valence-electron chi connectivity index (χ0n) is 13.1. The molecule has 2 N–H and O–H groups in total. The largest absolute Gasteiger partial charge is 0.492 e. The van der Waals surface area contributed by atoms with Gasteiger partial charge in [0.2, 0.25) is 0 Å². The molecule has 0 aliphatic heterocycles. The average molecular weight is 433 g/mol. The molecule has 0 bridgehead atoms. The van der Waals surface area contributed by atoms with Gasteiger partial charge in [0.15, 0.2) is 5.96 Å². The highest BCUT2D eigenvalue weighted by molar-refractivity contribution is 14.0. The van der Waals surface area contributed by atoms with Crippen molar-refractivity contribution in [3.8, 4) is 5.75 Å². The van der Waals surface area contributed by atoms with Crippen molar-refractivity contribution in [1.82, 2.24) is 20.4 Å². The monoisotopic (exact) mass is 433 g/mol. The van der Waals surface area contributed by atoms with Crippen LogP contribution in [0.4, 0.5) is 4.39 Å². The van der Waals surface area contributed by atoms with Gasteiger partial charge >= 0.3 is 0 Å². The third-order valence-electron chi connectivity index (χ3n) is 3.04. The molecular weight excluding hydrogens is 412 g/mol. The van der Waals surface area contributed by atoms with E-state index in [4.69, 9.17) is 4.74 Å². The number of halogens is 2. The maximum absolute atomic E-state index is 13.0. The standard InChI is InChI=1S/C15H20FN5O.HI/c1-17-15(19-11-13-6-7-20-21(13)2)18-8-9-22-14-5-3-4-12(16)10-14;/h3-7,10H,8-9,11H2,1-2H3,(H2,17,18,19);1H. The van der Waals surface area contributed by atoms with Gasteiger partial charge in [0.05, 0.1) is 18.8 Å². The van der Waals surface area contributed by atoms with E-state index in [1.54, 1.807) is 30.1 Å². The Balaban J connectivity index is 0.00000264. The number of aliphatic imine (C=N–C) groups is 1. The molecular formula is C15H21FIN5O. The maximum Gasteiger partial charge on any atom is 0.191 e. The number of rotatable bonds is 6. The van der Waals surface area contributed by atoms with Gasteiger partial charge in [0, 0.05) is 26.4 Å². The van der Waals surface area contributed by atoms with Crippen molar-refractivity contribution in [3.63, 3.8) is 0 Å². The van der Waals surface area contributed by atoms with Crippen LogP contribution in [-0.2, 0) is 13.6 Å². The van der Waals surface area contributed by atoms with E-state index in [-0.39, 0.29) is 29.8 Å². The third kappa shape index (κ3) is 6.43. The second kappa shape index (κ2) is 10.0. The molecule has 0 aliphatic carbocycles. The van der Waals surface area contributed by atoms with Crippen LogP contribution in [0.15, 0.2) is 41.5 Å². The molecule has 2 rings (SSSR count). The van der Waals surface area contributed by atoms with Gasteiger partial charge < -0.3 is 15.4 Å². The molecule has 8 heteroatoms. The molecule has 1 aromatic carbocycles. The summed E-state index contributed by atoms with van der Waals surface area (Å²) in [5, 5.41) is 10.4. The van der Waals surface area contributed by atoms with E-state index in [0.717, 1.165) is 5.69 Å². The zero-order chi connectivity index (χ0) is 15.8. The van der Waals surface area contributed by atoms with Crippen LogP contribution in [0.3, 0.4) is 0 Å². The van der Waals surface area contributed by atoms with E-state index in [1.807, 2.05) is 13.1 Å². The number of aryl methyl sites for hydroxylation is 1. The number of nitrogens with zero attached hydrogens (tertiary/aromatic N) is 3. The average Bonchev–Trinajstić information content (AvgIpc) is 2.92. The number of benzene rings is 1. The predicted octanol–water partition coefficient (Wildman–Crippen LogP) is 1.92. The molecule has 0 fully saturated rings. The van der Waals surface area contributed by atoms with E-state index in [2.05, 4.69) is 20.7 Å². The van der Waals surface area contributed by atoms with Gasteiger partial charge in [-0.05, 0) is 18.2 Å². The van der Waals surface area contributed by atoms with Crippen LogP contribution in [0.1, 0.15) is 5.69 Å². The number of guanidine groups is 1. The Bertz CT molecular complexity index is 632. The van der Waals surface area contributed by atoms with E-state index in [0.29, 0.717) is 31.4 Å². The molecule has 0 radical (unpaired) electrons. The lowest BCUT2D eigenvalue weighted by Gasteiger charge is -2.12. The molecule has 1 aromatic heterocycles. The molecule has 0 saturated heterocycles. The fourth-order valence-corrected chi connectivity index (χ4v) is 1.86. The van der Waals surface area contributed by atoms with E-state index in [1.165, 1.54) is 12.1 Å². The van der Waals surface area contributed by atoms with E-state index in [9.17, 15) is 4.39 Å². The predicted molar refractivity (Wildman–Crippen MR) is 98.7 cm³/mol. The van der Waals surface area contributed by atoms with Crippen molar-refractivity contribution in [2.45, 2.75) is 6.54 Å². The summed E-state index contributed by atoms with van der Waals surface area (Å²) in [5.41, 5.74) is 1.05. The number of hydrogen-bond donors (Lipinski definition) is 2. The van der Waals surface area contributed by atoms with Crippen LogP contribution in [0, 0.1) is 5.82 Å². The normalized spacial score (nSPS) is 10.8. The van der Waals surface area contributed by atoms with Gasteiger partial charge in [-0.15, -0.1) is 24.0 Å². The molecule has 23 heavy (non-hydrogen) atoms. The lowest BCUT2D eigenvalue weighted by atomic mass is 10.3. The first-order chi connectivity index (χ1) is 10.7. The minimum absolute atomic E-state index is 0. The van der Waals surface area contributed by atoms with E-state index < -0.39 is 0 Å². The molecule has 0 aliphatic rings. The SMILES string of the molecule is CN=C(NCCOc1cccc(F)c1)NCc1ccnn1C.I. The van der Waals surface area contributed by atoms with Gasteiger partial charge in [-0.3, -0.25) is 9.67 Å². The van der Waals surface area contributed by atoms with Gasteiger partial charge in [0.1, 0.15) is 18.2 Å². The summed E-state index contributed by atoms with van der Waals surface area (Å²) in [4.78, 5) is 4.13. The second-order valence-corrected chi connectivity index (χ2v) is 4.60. The Morgan fingerprint density at radius 1 is 1.35 bits per heavy atom. The van der Waals surface area contributed by atoms with Crippen LogP contribution < -0.4 is 15.4 Å². The minimum atomic E-state index is -0.306. The van der Waals surface area contributed by atoms with Gasteiger partial charge in [-0.25, -0.2) is 4.39 Å². The maximum atomic E-state index is 13.0. The molecule has 0 amide bonds. The summed E-state index contributed by atoms with van der Waals surface area (Å²) < 4.78 is 20.2. The molecule has 6 nitrogen and oxygen atoms in total. The first kappa shape index (κ1) is 19.2. The van der Waals surface area contributed by atoms with Crippen LogP contribution >= 0.6 is 24.0 Å². The van der Waals surface area contributed by atoms with Crippen molar-refractivity contribution < 1.29 is 9.13 Å². The Hall–Kier alpha value is -1.84. The summed E-state index contributed by atoms with van der Waals surface area (Å²) >= 11 is 0. The molecule has 2 aromatic rings. The number of nitrogens with one attached hydrogen (secondary N) is 2. The Morgan fingerprint density at radius 3 is 2.83 bits per heavy atom. The smallest absolute Gasteiger partial charge is 0.191 e. The number of ether oxygens (including phenoxy) is 1. The Kier molecular flexibility index (Phi) is 8.38. The topological polar surface area (TPSA) is 63.5 Å². The molecule has 0 unspecified atom stereocenters. The van der Waals surface area contributed by atoms with Crippen molar-refractivity contribution >= 4 is 29.9 Å². The fraction of sp³-hybridized carbons (Fsp3) is 0.333. The van der Waals surface area contributed by atoms with Gasteiger partial charge in [-0.1, -0.05) is 6.07 Å². The van der Waals surface area contributed by atoms with Crippen LogP contribution in [0.25, 0.3) is 0 Å². The highest BCUT2D eigenvalue weighted by atomic mass is 127. The highest BCUT2D eigenvalue weighted by Gasteiger charge is 2.01. The number of hydrogen-bond acceptors (Lipinski definition) is 3. The molecule has 0 saturated carbocycles. The summed E-state index contributed by atoms with van der Waals surface area (Å²) in [6.45, 7) is 1.60. The van der Waals surface area contributed by atoms with Crippen LogP contribution in [0.2, 0.25) is 0 Å². The molecule has 0 atom stereocenters. The van der Waals surface area contributed by atoms with Crippen molar-refractivity contribution in [2.75, 3.05) is 20.2 Å². The van der Waals surface area contributed by atoms with Crippen LogP contribution in [0.5, 0.6) is 5.75 Å². The highest BCUT2D eigenvalue weighted by Crippen LogP contribution is 2.11. The first-order valence-corrected chi connectivity index (χ1v) is 6.99. The quantitative estimate of drug-likeness (QED) is 0.316. The summed E-state index contributed by atoms with van der Waals surface area (Å²) in [5.74, 6) is 0.878. The lowest BCUT2D eigenvalue weighted by molar-refractivity contribution is 0.320. The second-order valence-electron chi connectivity index (χ2n) is 4.60. The number of aromatic nitrogens is 2. The Morgan fingerprint density at radius 2 is 2.17 bits per heavy atom. The van der Waals surface area contributed by atoms with Crippen LogP contribution in [-0.4, -0.2) is 35.9 Å². The molecule has 1 heterocycles. The fourth-order valence-electron chi connectivity index (χ4n) is 1.86. The van der Waals surface area contributed by atoms with Crippen molar-refractivity contribution in [2.24, 2.45) is 12.0 Å². The lowest BCUT2D eigenvalue weighted by Crippen LogP contribution is -2.39. The summed E-state index contributed by atoms with van der Waals surface area (Å²) in [7, 11) is 3.59. The van der Waals surface area contributed by atoms with Gasteiger partial charge in [0.25, 0.3) is 0 Å². The van der Waals surface area contributed by atoms with Gasteiger partial charge in [-0.2, -0.15) is 5.10 Å². The first-order valence-electron chi connectivity index (χ1n) is 6.99. The molecule has 0 spiro atoms.